The number of hydrogen-bond donors (Lipinski definition) is 2. The Morgan fingerprint density at radius 2 is 1.80 bits per heavy atom. The molecule has 160 valence electrons. The number of carbonyl (C=O) groups excluding carboxylic acids is 3. The standard InChI is InChI=1S/C19H21Cl2N5O3S/c1-11(18(29)26-8-6-25(7-9-26)12(2)27)22-17(28)15-10-30-19(24-15)23-14-5-3-4-13(20)16(14)21/h3-5,10-11H,6-9H2,1-2H3,(H,22,28)(H,23,24). The van der Waals surface area contributed by atoms with Gasteiger partial charge in [0.05, 0.1) is 15.7 Å². The zero-order chi connectivity index (χ0) is 21.8. The molecule has 2 N–H and O–H groups in total. The minimum absolute atomic E-state index is 0.00421. The number of nitrogens with one attached hydrogen (secondary N) is 2. The number of carbonyl (C=O) groups is 3. The van der Waals surface area contributed by atoms with Crippen molar-refractivity contribution in [1.82, 2.24) is 20.1 Å². The maximum Gasteiger partial charge on any atom is 0.271 e. The van der Waals surface area contributed by atoms with Crippen LogP contribution in [0.5, 0.6) is 0 Å². The monoisotopic (exact) mass is 469 g/mol. The highest BCUT2D eigenvalue weighted by Gasteiger charge is 2.27. The molecule has 1 atom stereocenters. The molecule has 3 amide bonds. The van der Waals surface area contributed by atoms with E-state index < -0.39 is 11.9 Å². The van der Waals surface area contributed by atoms with Gasteiger partial charge in [-0.1, -0.05) is 29.3 Å². The lowest BCUT2D eigenvalue weighted by Crippen LogP contribution is -2.54. The zero-order valence-corrected chi connectivity index (χ0v) is 18.8. The van der Waals surface area contributed by atoms with Crippen LogP contribution in [0, 0.1) is 0 Å². The van der Waals surface area contributed by atoms with Gasteiger partial charge in [0.15, 0.2) is 5.13 Å². The molecule has 2 aromatic rings. The van der Waals surface area contributed by atoms with E-state index in [4.69, 9.17) is 23.2 Å². The average Bonchev–Trinajstić information content (AvgIpc) is 3.19. The minimum Gasteiger partial charge on any atom is -0.339 e. The van der Waals surface area contributed by atoms with Gasteiger partial charge in [0.2, 0.25) is 11.8 Å². The summed E-state index contributed by atoms with van der Waals surface area (Å²) >= 11 is 13.4. The summed E-state index contributed by atoms with van der Waals surface area (Å²) in [7, 11) is 0. The van der Waals surface area contributed by atoms with Crippen LogP contribution < -0.4 is 10.6 Å². The molecule has 0 saturated carbocycles. The number of benzene rings is 1. The molecular formula is C19H21Cl2N5O3S. The fourth-order valence-electron chi connectivity index (χ4n) is 3.00. The van der Waals surface area contributed by atoms with E-state index in [1.54, 1.807) is 40.3 Å². The Morgan fingerprint density at radius 1 is 1.13 bits per heavy atom. The van der Waals surface area contributed by atoms with Crippen LogP contribution in [0.3, 0.4) is 0 Å². The SMILES string of the molecule is CC(=O)N1CCN(C(=O)C(C)NC(=O)c2csc(Nc3cccc(Cl)c3Cl)n2)CC1. The van der Waals surface area contributed by atoms with E-state index in [9.17, 15) is 14.4 Å². The van der Waals surface area contributed by atoms with Crippen molar-refractivity contribution in [2.24, 2.45) is 0 Å². The molecule has 0 bridgehead atoms. The lowest BCUT2D eigenvalue weighted by atomic mass is 10.2. The van der Waals surface area contributed by atoms with E-state index in [1.807, 2.05) is 0 Å². The van der Waals surface area contributed by atoms with Gasteiger partial charge in [-0.2, -0.15) is 0 Å². The summed E-state index contributed by atoms with van der Waals surface area (Å²) in [6.07, 6.45) is 0. The second kappa shape index (κ2) is 9.63. The third-order valence-electron chi connectivity index (χ3n) is 4.68. The molecule has 1 unspecified atom stereocenters. The van der Waals surface area contributed by atoms with Gasteiger partial charge < -0.3 is 20.4 Å². The molecule has 1 aromatic carbocycles. The number of hydrogen-bond acceptors (Lipinski definition) is 6. The van der Waals surface area contributed by atoms with Gasteiger partial charge in [0.1, 0.15) is 11.7 Å². The number of thiazole rings is 1. The molecule has 1 aliphatic heterocycles. The zero-order valence-electron chi connectivity index (χ0n) is 16.4. The molecule has 1 aromatic heterocycles. The number of amides is 3. The Hall–Kier alpha value is -2.36. The fourth-order valence-corrected chi connectivity index (χ4v) is 4.05. The molecule has 11 heteroatoms. The van der Waals surface area contributed by atoms with Crippen molar-refractivity contribution < 1.29 is 14.4 Å². The van der Waals surface area contributed by atoms with E-state index >= 15 is 0 Å². The molecule has 2 heterocycles. The van der Waals surface area contributed by atoms with Crippen LogP contribution in [0.2, 0.25) is 10.0 Å². The van der Waals surface area contributed by atoms with Gasteiger partial charge in [-0.25, -0.2) is 4.98 Å². The van der Waals surface area contributed by atoms with Gasteiger partial charge in [0.25, 0.3) is 5.91 Å². The average molecular weight is 470 g/mol. The maximum absolute atomic E-state index is 12.6. The second-order valence-corrected chi connectivity index (χ2v) is 8.43. The molecule has 8 nitrogen and oxygen atoms in total. The number of nitrogens with zero attached hydrogens (tertiary/aromatic N) is 3. The third-order valence-corrected chi connectivity index (χ3v) is 6.26. The van der Waals surface area contributed by atoms with Crippen LogP contribution in [0.1, 0.15) is 24.3 Å². The molecule has 0 spiro atoms. The largest absolute Gasteiger partial charge is 0.339 e. The Bertz CT molecular complexity index is 959. The smallest absolute Gasteiger partial charge is 0.271 e. The molecular weight excluding hydrogens is 449 g/mol. The van der Waals surface area contributed by atoms with Crippen molar-refractivity contribution >= 4 is 63.1 Å². The van der Waals surface area contributed by atoms with Crippen LogP contribution in [0.15, 0.2) is 23.6 Å². The highest BCUT2D eigenvalue weighted by molar-refractivity contribution is 7.14. The highest BCUT2D eigenvalue weighted by Crippen LogP contribution is 2.32. The lowest BCUT2D eigenvalue weighted by Gasteiger charge is -2.35. The van der Waals surface area contributed by atoms with Gasteiger partial charge in [-0.15, -0.1) is 11.3 Å². The lowest BCUT2D eigenvalue weighted by molar-refractivity contribution is -0.139. The normalized spacial score (nSPS) is 14.9. The van der Waals surface area contributed by atoms with E-state index in [2.05, 4.69) is 15.6 Å². The molecule has 0 radical (unpaired) electrons. The second-order valence-electron chi connectivity index (χ2n) is 6.79. The maximum atomic E-state index is 12.6. The van der Waals surface area contributed by atoms with Crippen molar-refractivity contribution in [3.8, 4) is 0 Å². The number of aromatic nitrogens is 1. The van der Waals surface area contributed by atoms with Gasteiger partial charge in [-0.3, -0.25) is 14.4 Å². The van der Waals surface area contributed by atoms with Gasteiger partial charge >= 0.3 is 0 Å². The Labute approximate surface area is 188 Å². The Morgan fingerprint density at radius 3 is 2.47 bits per heavy atom. The molecule has 30 heavy (non-hydrogen) atoms. The predicted octanol–water partition coefficient (Wildman–Crippen LogP) is 3.00. The predicted molar refractivity (Wildman–Crippen MR) is 118 cm³/mol. The fraction of sp³-hybridized carbons (Fsp3) is 0.368. The Balaban J connectivity index is 1.56. The van der Waals surface area contributed by atoms with Crippen LogP contribution in [0.4, 0.5) is 10.8 Å². The van der Waals surface area contributed by atoms with E-state index in [0.29, 0.717) is 47.0 Å². The molecule has 1 aliphatic rings. The van der Waals surface area contributed by atoms with Crippen LogP contribution >= 0.6 is 34.5 Å². The minimum atomic E-state index is -0.707. The van der Waals surface area contributed by atoms with Crippen LogP contribution in [-0.2, 0) is 9.59 Å². The van der Waals surface area contributed by atoms with Crippen molar-refractivity contribution in [2.45, 2.75) is 19.9 Å². The molecule has 0 aliphatic carbocycles. The molecule has 3 rings (SSSR count). The first-order chi connectivity index (χ1) is 14.3. The summed E-state index contributed by atoms with van der Waals surface area (Å²) in [5.74, 6) is -0.638. The summed E-state index contributed by atoms with van der Waals surface area (Å²) in [6.45, 7) is 5.03. The summed E-state index contributed by atoms with van der Waals surface area (Å²) in [6, 6.07) is 4.47. The van der Waals surface area contributed by atoms with Crippen LogP contribution in [0.25, 0.3) is 0 Å². The number of piperazine rings is 1. The van der Waals surface area contributed by atoms with E-state index in [-0.39, 0.29) is 17.5 Å². The number of anilines is 2. The summed E-state index contributed by atoms with van der Waals surface area (Å²) < 4.78 is 0. The van der Waals surface area contributed by atoms with Gasteiger partial charge in [-0.05, 0) is 19.1 Å². The van der Waals surface area contributed by atoms with Crippen molar-refractivity contribution in [2.75, 3.05) is 31.5 Å². The Kier molecular flexibility index (Phi) is 7.17. The summed E-state index contributed by atoms with van der Waals surface area (Å²) in [4.78, 5) is 44.1. The van der Waals surface area contributed by atoms with E-state index in [1.165, 1.54) is 18.3 Å². The van der Waals surface area contributed by atoms with Crippen molar-refractivity contribution in [3.05, 3.63) is 39.3 Å². The first-order valence-electron chi connectivity index (χ1n) is 9.28. The molecule has 1 fully saturated rings. The highest BCUT2D eigenvalue weighted by atomic mass is 35.5. The third kappa shape index (κ3) is 5.21. The first-order valence-corrected chi connectivity index (χ1v) is 10.9. The quantitative estimate of drug-likeness (QED) is 0.701. The summed E-state index contributed by atoms with van der Waals surface area (Å²) in [5, 5.41) is 8.56. The first kappa shape index (κ1) is 22.3. The van der Waals surface area contributed by atoms with Gasteiger partial charge in [0, 0.05) is 38.5 Å². The van der Waals surface area contributed by atoms with Crippen molar-refractivity contribution in [3.63, 3.8) is 0 Å². The van der Waals surface area contributed by atoms with E-state index in [0.717, 1.165) is 0 Å². The number of halogens is 2. The molecule has 1 saturated heterocycles. The van der Waals surface area contributed by atoms with Crippen molar-refractivity contribution in [1.29, 1.82) is 0 Å². The summed E-state index contributed by atoms with van der Waals surface area (Å²) in [5.41, 5.74) is 0.778. The number of rotatable bonds is 5. The van der Waals surface area contributed by atoms with Crippen LogP contribution in [-0.4, -0.2) is 64.7 Å². The topological polar surface area (TPSA) is 94.6 Å².